The molecule has 0 radical (unpaired) electrons. The van der Waals surface area contributed by atoms with Crippen LogP contribution in [-0.2, 0) is 9.59 Å². The van der Waals surface area contributed by atoms with Gasteiger partial charge in [-0.25, -0.2) is 0 Å². The molecule has 132 valence electrons. The smallest absolute Gasteiger partial charge is 0.259 e. The molecule has 0 spiro atoms. The first-order valence-corrected chi connectivity index (χ1v) is 8.79. The van der Waals surface area contributed by atoms with Crippen LogP contribution in [0.1, 0.15) is 23.2 Å². The Hall–Kier alpha value is -3.54. The van der Waals surface area contributed by atoms with Crippen molar-refractivity contribution in [3.05, 3.63) is 60.3 Å². The van der Waals surface area contributed by atoms with Crippen LogP contribution in [0, 0.1) is 0 Å². The van der Waals surface area contributed by atoms with Crippen LogP contribution in [0.3, 0.4) is 0 Å². The van der Waals surface area contributed by atoms with Crippen LogP contribution < -0.4 is 10.2 Å². The van der Waals surface area contributed by atoms with Gasteiger partial charge in [0.05, 0.1) is 16.9 Å². The van der Waals surface area contributed by atoms with Crippen LogP contribution in [0.2, 0.25) is 0 Å². The zero-order valence-electron chi connectivity index (χ0n) is 14.3. The molecule has 1 fully saturated rings. The molecule has 1 atom stereocenters. The molecule has 27 heavy (non-hydrogen) atoms. The second-order valence-corrected chi connectivity index (χ2v) is 6.76. The van der Waals surface area contributed by atoms with Crippen molar-refractivity contribution in [1.29, 1.82) is 0 Å². The molecule has 6 heteroatoms. The van der Waals surface area contributed by atoms with E-state index in [1.165, 1.54) is 4.90 Å². The maximum Gasteiger partial charge on any atom is 0.259 e. The quantitative estimate of drug-likeness (QED) is 0.715. The molecule has 3 aromatic rings. The zero-order chi connectivity index (χ0) is 18.5. The molecule has 3 amide bonds. The first-order valence-electron chi connectivity index (χ1n) is 8.79. The van der Waals surface area contributed by atoms with Crippen molar-refractivity contribution in [1.82, 2.24) is 10.3 Å². The predicted octanol–water partition coefficient (Wildman–Crippen LogP) is 2.67. The summed E-state index contributed by atoms with van der Waals surface area (Å²) in [6.45, 7) is 0. The van der Waals surface area contributed by atoms with E-state index in [1.807, 2.05) is 48.5 Å². The molecule has 0 aliphatic carbocycles. The van der Waals surface area contributed by atoms with Crippen molar-refractivity contribution >= 4 is 34.2 Å². The van der Waals surface area contributed by atoms with Crippen molar-refractivity contribution in [3.63, 3.8) is 0 Å². The van der Waals surface area contributed by atoms with Gasteiger partial charge in [-0.1, -0.05) is 18.2 Å². The summed E-state index contributed by atoms with van der Waals surface area (Å²) in [5, 5.41) is 4.11. The normalized spacial score (nSPS) is 18.9. The maximum atomic E-state index is 13.2. The molecule has 1 aromatic heterocycles. The van der Waals surface area contributed by atoms with Crippen LogP contribution in [-0.4, -0.2) is 28.7 Å². The molecular weight excluding hydrogens is 342 g/mol. The molecule has 2 aliphatic rings. The lowest BCUT2D eigenvalue weighted by molar-refractivity contribution is -0.134. The third-order valence-corrected chi connectivity index (χ3v) is 5.15. The molecule has 2 aliphatic heterocycles. The van der Waals surface area contributed by atoms with Crippen LogP contribution in [0.15, 0.2) is 54.7 Å². The number of rotatable bonds is 2. The number of nitrogens with zero attached hydrogens (tertiary/aromatic N) is 2. The Morgan fingerprint density at radius 1 is 1.04 bits per heavy atom. The summed E-state index contributed by atoms with van der Waals surface area (Å²) in [4.78, 5) is 43.0. The van der Waals surface area contributed by atoms with Crippen molar-refractivity contribution in [3.8, 4) is 11.3 Å². The van der Waals surface area contributed by atoms with E-state index in [2.05, 4.69) is 10.3 Å². The van der Waals surface area contributed by atoms with E-state index in [4.69, 9.17) is 0 Å². The van der Waals surface area contributed by atoms with Crippen LogP contribution >= 0.6 is 0 Å². The van der Waals surface area contributed by atoms with E-state index < -0.39 is 11.9 Å². The summed E-state index contributed by atoms with van der Waals surface area (Å²) in [5.41, 5.74) is 2.92. The Kier molecular flexibility index (Phi) is 3.33. The first-order chi connectivity index (χ1) is 13.1. The Balaban J connectivity index is 1.66. The van der Waals surface area contributed by atoms with E-state index in [0.717, 1.165) is 27.7 Å². The van der Waals surface area contributed by atoms with Gasteiger partial charge in [0.2, 0.25) is 11.8 Å². The highest BCUT2D eigenvalue weighted by atomic mass is 16.2. The van der Waals surface area contributed by atoms with E-state index in [0.29, 0.717) is 12.0 Å². The molecule has 2 aromatic carbocycles. The first kappa shape index (κ1) is 15.7. The van der Waals surface area contributed by atoms with Gasteiger partial charge in [0.25, 0.3) is 5.91 Å². The average Bonchev–Trinajstić information content (AvgIpc) is 2.96. The molecule has 6 nitrogen and oxygen atoms in total. The second kappa shape index (κ2) is 5.74. The number of nitrogens with one attached hydrogen (secondary N) is 1. The standard InChI is InChI=1S/C21H15N3O3/c25-18-8-7-17(20(26)23-18)24-16-6-3-4-12-10-13(15-5-1-2-9-22-15)11-14(19(12)16)21(24)27/h1-6,9-11,17H,7-8H2,(H,23,25,26). The summed E-state index contributed by atoms with van der Waals surface area (Å²) in [5.74, 6) is -0.932. The van der Waals surface area contributed by atoms with Gasteiger partial charge in [0.1, 0.15) is 6.04 Å². The third kappa shape index (κ3) is 2.33. The van der Waals surface area contributed by atoms with Crippen LogP contribution in [0.5, 0.6) is 0 Å². The van der Waals surface area contributed by atoms with Crippen LogP contribution in [0.4, 0.5) is 5.69 Å². The summed E-state index contributed by atoms with van der Waals surface area (Å²) >= 11 is 0. The Morgan fingerprint density at radius 3 is 2.70 bits per heavy atom. The molecular formula is C21H15N3O3. The van der Waals surface area contributed by atoms with Gasteiger partial charge < -0.3 is 0 Å². The Labute approximate surface area is 154 Å². The molecule has 5 rings (SSSR count). The number of imide groups is 1. The zero-order valence-corrected chi connectivity index (χ0v) is 14.3. The lowest BCUT2D eigenvalue weighted by Gasteiger charge is -2.30. The molecule has 1 saturated heterocycles. The summed E-state index contributed by atoms with van der Waals surface area (Å²) in [7, 11) is 0. The molecule has 3 heterocycles. The fourth-order valence-electron chi connectivity index (χ4n) is 3.94. The number of carbonyl (C=O) groups excluding carboxylic acids is 3. The second-order valence-electron chi connectivity index (χ2n) is 6.76. The number of benzene rings is 2. The SMILES string of the molecule is O=C1CCC(N2C(=O)c3cc(-c4ccccn4)cc4cccc2c34)C(=O)N1. The van der Waals surface area contributed by atoms with Gasteiger partial charge in [-0.15, -0.1) is 0 Å². The maximum absolute atomic E-state index is 13.2. The predicted molar refractivity (Wildman–Crippen MR) is 100 cm³/mol. The molecule has 1 N–H and O–H groups in total. The summed E-state index contributed by atoms with van der Waals surface area (Å²) in [6, 6.07) is 14.5. The summed E-state index contributed by atoms with van der Waals surface area (Å²) in [6.07, 6.45) is 2.27. The number of hydrogen-bond donors (Lipinski definition) is 1. The van der Waals surface area contributed by atoms with Gasteiger partial charge in [0, 0.05) is 23.6 Å². The monoisotopic (exact) mass is 357 g/mol. The molecule has 1 unspecified atom stereocenters. The number of amides is 3. The third-order valence-electron chi connectivity index (χ3n) is 5.15. The van der Waals surface area contributed by atoms with Gasteiger partial charge in [-0.05, 0) is 42.1 Å². The largest absolute Gasteiger partial charge is 0.295 e. The van der Waals surface area contributed by atoms with E-state index >= 15 is 0 Å². The lowest BCUT2D eigenvalue weighted by Crippen LogP contribution is -2.53. The number of carbonyl (C=O) groups is 3. The number of piperidine rings is 1. The van der Waals surface area contributed by atoms with Gasteiger partial charge in [-0.3, -0.25) is 29.6 Å². The Morgan fingerprint density at radius 2 is 1.93 bits per heavy atom. The van der Waals surface area contributed by atoms with Crippen LogP contribution in [0.25, 0.3) is 22.0 Å². The van der Waals surface area contributed by atoms with Crippen molar-refractivity contribution in [2.75, 3.05) is 4.90 Å². The number of pyridine rings is 1. The minimum Gasteiger partial charge on any atom is -0.295 e. The molecule has 0 bridgehead atoms. The van der Waals surface area contributed by atoms with Gasteiger partial charge >= 0.3 is 0 Å². The topological polar surface area (TPSA) is 79.4 Å². The fraction of sp³-hybridized carbons (Fsp3) is 0.143. The summed E-state index contributed by atoms with van der Waals surface area (Å²) < 4.78 is 0. The van der Waals surface area contributed by atoms with Crippen molar-refractivity contribution < 1.29 is 14.4 Å². The highest BCUT2D eigenvalue weighted by molar-refractivity contribution is 6.27. The van der Waals surface area contributed by atoms with Crippen molar-refractivity contribution in [2.24, 2.45) is 0 Å². The van der Waals surface area contributed by atoms with Gasteiger partial charge in [0.15, 0.2) is 0 Å². The number of hydrogen-bond acceptors (Lipinski definition) is 4. The fourth-order valence-corrected chi connectivity index (χ4v) is 3.94. The molecule has 0 saturated carbocycles. The highest BCUT2D eigenvalue weighted by Gasteiger charge is 2.40. The van der Waals surface area contributed by atoms with Gasteiger partial charge in [-0.2, -0.15) is 0 Å². The number of aromatic nitrogens is 1. The minimum absolute atomic E-state index is 0.214. The van der Waals surface area contributed by atoms with Crippen molar-refractivity contribution in [2.45, 2.75) is 18.9 Å². The van der Waals surface area contributed by atoms with E-state index in [9.17, 15) is 14.4 Å². The van der Waals surface area contributed by atoms with E-state index in [-0.39, 0.29) is 18.2 Å². The number of anilines is 1. The lowest BCUT2D eigenvalue weighted by atomic mass is 10.00. The minimum atomic E-state index is -0.675. The van der Waals surface area contributed by atoms with E-state index in [1.54, 1.807) is 6.20 Å². The Bertz CT molecular complexity index is 1120. The average molecular weight is 357 g/mol. The highest BCUT2D eigenvalue weighted by Crippen LogP contribution is 2.41.